The van der Waals surface area contributed by atoms with Gasteiger partial charge in [0.1, 0.15) is 0 Å². The van der Waals surface area contributed by atoms with Crippen molar-refractivity contribution in [1.29, 1.82) is 0 Å². The number of carbonyl (C=O) groups is 2. The molecule has 1 aromatic carbocycles. The molecule has 1 aromatic rings. The van der Waals surface area contributed by atoms with E-state index in [-0.39, 0.29) is 11.7 Å². The molecule has 0 bridgehead atoms. The van der Waals surface area contributed by atoms with Crippen LogP contribution < -0.4 is 5.32 Å². The number of ketones is 1. The summed E-state index contributed by atoms with van der Waals surface area (Å²) in [6.45, 7) is 5.43. The number of hydrogen-bond acceptors (Lipinski definition) is 3. The van der Waals surface area contributed by atoms with Crippen LogP contribution in [0.5, 0.6) is 0 Å². The van der Waals surface area contributed by atoms with Crippen molar-refractivity contribution in [3.63, 3.8) is 0 Å². The molecule has 1 amide bonds. The molecule has 0 spiro atoms. The highest BCUT2D eigenvalue weighted by Gasteiger charge is 2.39. The smallest absolute Gasteiger partial charge is 0.254 e. The van der Waals surface area contributed by atoms with Gasteiger partial charge in [0, 0.05) is 12.7 Å². The average molecular weight is 285 g/mol. The Morgan fingerprint density at radius 3 is 2.19 bits per heavy atom. The molecule has 0 aliphatic heterocycles. The Morgan fingerprint density at radius 1 is 1.10 bits per heavy atom. The summed E-state index contributed by atoms with van der Waals surface area (Å²) in [5.74, 6) is -0.326. The summed E-state index contributed by atoms with van der Waals surface area (Å²) in [6, 6.07) is 7.34. The Balaban J connectivity index is 2.38. The van der Waals surface area contributed by atoms with Gasteiger partial charge in [0.05, 0.1) is 0 Å². The van der Waals surface area contributed by atoms with Gasteiger partial charge in [-0.1, -0.05) is 18.2 Å². The number of nitrogens with one attached hydrogen (secondary N) is 1. The number of methoxy groups -OCH3 is 1. The van der Waals surface area contributed by atoms with Crippen LogP contribution in [-0.2, 0) is 9.53 Å². The Labute approximate surface area is 124 Å². The lowest BCUT2D eigenvalue weighted by molar-refractivity contribution is -0.111. The minimum Gasteiger partial charge on any atom is -0.351 e. The quantitative estimate of drug-likeness (QED) is 0.868. The van der Waals surface area contributed by atoms with Crippen LogP contribution in [0.15, 0.2) is 47.6 Å². The van der Waals surface area contributed by atoms with E-state index in [1.807, 2.05) is 25.1 Å². The molecule has 0 aromatic heterocycles. The molecule has 21 heavy (non-hydrogen) atoms. The first kappa shape index (κ1) is 15.2. The minimum absolute atomic E-state index is 0.0946. The fraction of sp³-hybridized carbons (Fsp3) is 0.294. The number of ether oxygens (including phenoxy) is 1. The lowest BCUT2D eigenvalue weighted by Gasteiger charge is -2.37. The van der Waals surface area contributed by atoms with Crippen LogP contribution in [0.1, 0.15) is 29.8 Å². The Bertz CT molecular complexity index is 634. The highest BCUT2D eigenvalue weighted by molar-refractivity contribution is 6.03. The van der Waals surface area contributed by atoms with E-state index in [1.54, 1.807) is 19.9 Å². The highest BCUT2D eigenvalue weighted by atomic mass is 16.5. The number of carbonyl (C=O) groups excluding carboxylic acids is 2. The summed E-state index contributed by atoms with van der Waals surface area (Å²) in [6.07, 6.45) is 2.96. The van der Waals surface area contributed by atoms with Crippen molar-refractivity contribution in [2.24, 2.45) is 0 Å². The Hall–Kier alpha value is -2.20. The maximum absolute atomic E-state index is 12.5. The summed E-state index contributed by atoms with van der Waals surface area (Å²) in [4.78, 5) is 24.1. The lowest BCUT2D eigenvalue weighted by Crippen LogP contribution is -2.53. The third-order valence-electron chi connectivity index (χ3n) is 3.81. The molecule has 0 saturated heterocycles. The van der Waals surface area contributed by atoms with E-state index < -0.39 is 5.72 Å². The van der Waals surface area contributed by atoms with Gasteiger partial charge < -0.3 is 10.1 Å². The third-order valence-corrected chi connectivity index (χ3v) is 3.81. The highest BCUT2D eigenvalue weighted by Crippen LogP contribution is 2.30. The summed E-state index contributed by atoms with van der Waals surface area (Å²) in [7, 11) is 1.52. The minimum atomic E-state index is -1.06. The molecule has 0 fully saturated rings. The second kappa shape index (κ2) is 5.66. The summed E-state index contributed by atoms with van der Waals surface area (Å²) in [5, 5.41) is 2.91. The number of rotatable bonds is 3. The zero-order valence-electron chi connectivity index (χ0n) is 12.7. The number of allylic oxidation sites excluding steroid dienone is 2. The lowest BCUT2D eigenvalue weighted by atomic mass is 9.89. The molecule has 0 unspecified atom stereocenters. The van der Waals surface area contributed by atoms with Crippen LogP contribution in [0, 0.1) is 6.92 Å². The predicted octanol–water partition coefficient (Wildman–Crippen LogP) is 2.54. The van der Waals surface area contributed by atoms with Gasteiger partial charge in [0.2, 0.25) is 0 Å². The van der Waals surface area contributed by atoms with Gasteiger partial charge in [-0.15, -0.1) is 0 Å². The Kier molecular flexibility index (Phi) is 4.09. The van der Waals surface area contributed by atoms with E-state index in [0.29, 0.717) is 16.7 Å². The summed E-state index contributed by atoms with van der Waals surface area (Å²) >= 11 is 0. The number of amides is 1. The number of hydrogen-bond donors (Lipinski definition) is 1. The van der Waals surface area contributed by atoms with E-state index in [0.717, 1.165) is 5.56 Å². The summed E-state index contributed by atoms with van der Waals surface area (Å²) < 4.78 is 5.56. The van der Waals surface area contributed by atoms with Crippen molar-refractivity contribution in [2.75, 3.05) is 7.11 Å². The summed E-state index contributed by atoms with van der Waals surface area (Å²) in [5.41, 5.74) is 1.74. The van der Waals surface area contributed by atoms with Crippen LogP contribution in [0.25, 0.3) is 0 Å². The fourth-order valence-corrected chi connectivity index (χ4v) is 2.61. The van der Waals surface area contributed by atoms with Crippen molar-refractivity contribution in [2.45, 2.75) is 26.5 Å². The molecule has 4 nitrogen and oxygen atoms in total. The molecule has 0 saturated carbocycles. The maximum Gasteiger partial charge on any atom is 0.254 e. The molecular formula is C17H19NO3. The Morgan fingerprint density at radius 2 is 1.67 bits per heavy atom. The predicted molar refractivity (Wildman–Crippen MR) is 80.9 cm³/mol. The first-order valence-electron chi connectivity index (χ1n) is 6.75. The molecule has 1 aliphatic rings. The van der Waals surface area contributed by atoms with Crippen molar-refractivity contribution < 1.29 is 14.3 Å². The molecule has 110 valence electrons. The second-order valence-corrected chi connectivity index (χ2v) is 5.21. The van der Waals surface area contributed by atoms with Gasteiger partial charge in [-0.3, -0.25) is 9.59 Å². The zero-order valence-corrected chi connectivity index (χ0v) is 12.7. The van der Waals surface area contributed by atoms with Crippen molar-refractivity contribution in [3.05, 3.63) is 58.7 Å². The van der Waals surface area contributed by atoms with Crippen molar-refractivity contribution in [3.8, 4) is 0 Å². The molecular weight excluding hydrogens is 266 g/mol. The van der Waals surface area contributed by atoms with E-state index in [4.69, 9.17) is 4.74 Å². The molecule has 2 rings (SSSR count). The first-order valence-corrected chi connectivity index (χ1v) is 6.75. The van der Waals surface area contributed by atoms with Gasteiger partial charge in [-0.05, 0) is 55.7 Å². The molecule has 1 aliphatic carbocycles. The van der Waals surface area contributed by atoms with Gasteiger partial charge >= 0.3 is 0 Å². The standard InChI is InChI=1S/C17H19NO3/c1-11-7-5-6-8-15(11)16(20)18-17(21-4)12(2)9-14(19)10-13(17)3/h5-10H,1-4H3,(H,18,20). The SMILES string of the molecule is COC1(NC(=O)c2ccccc2C)C(C)=CC(=O)C=C1C. The molecule has 4 heteroatoms. The van der Waals surface area contributed by atoms with Crippen LogP contribution >= 0.6 is 0 Å². The van der Waals surface area contributed by atoms with Crippen molar-refractivity contribution >= 4 is 11.7 Å². The monoisotopic (exact) mass is 285 g/mol. The normalized spacial score (nSPS) is 17.0. The van der Waals surface area contributed by atoms with E-state index >= 15 is 0 Å². The van der Waals surface area contributed by atoms with E-state index in [1.165, 1.54) is 19.3 Å². The second-order valence-electron chi connectivity index (χ2n) is 5.21. The average Bonchev–Trinajstić information content (AvgIpc) is 2.43. The van der Waals surface area contributed by atoms with Gasteiger partial charge in [0.25, 0.3) is 5.91 Å². The largest absolute Gasteiger partial charge is 0.351 e. The van der Waals surface area contributed by atoms with E-state index in [2.05, 4.69) is 5.32 Å². The van der Waals surface area contributed by atoms with Gasteiger partial charge in [0.15, 0.2) is 11.5 Å². The van der Waals surface area contributed by atoms with Crippen LogP contribution in [0.2, 0.25) is 0 Å². The number of aryl methyl sites for hydroxylation is 1. The fourth-order valence-electron chi connectivity index (χ4n) is 2.61. The van der Waals surface area contributed by atoms with Gasteiger partial charge in [-0.2, -0.15) is 0 Å². The molecule has 0 radical (unpaired) electrons. The van der Waals surface area contributed by atoms with Crippen LogP contribution in [0.4, 0.5) is 0 Å². The zero-order chi connectivity index (χ0) is 15.6. The third kappa shape index (κ3) is 2.67. The number of benzene rings is 1. The molecule has 0 heterocycles. The topological polar surface area (TPSA) is 55.4 Å². The van der Waals surface area contributed by atoms with Crippen molar-refractivity contribution in [1.82, 2.24) is 5.32 Å². The van der Waals surface area contributed by atoms with Gasteiger partial charge in [-0.25, -0.2) is 0 Å². The molecule has 1 N–H and O–H groups in total. The van der Waals surface area contributed by atoms with E-state index in [9.17, 15) is 9.59 Å². The first-order chi connectivity index (χ1) is 9.90. The molecule has 0 atom stereocenters. The van der Waals surface area contributed by atoms with Crippen LogP contribution in [-0.4, -0.2) is 24.5 Å². The maximum atomic E-state index is 12.5. The van der Waals surface area contributed by atoms with Crippen LogP contribution in [0.3, 0.4) is 0 Å².